The molecule has 0 radical (unpaired) electrons. The lowest BCUT2D eigenvalue weighted by Crippen LogP contribution is -2.32. The summed E-state index contributed by atoms with van der Waals surface area (Å²) in [6.07, 6.45) is 9.53. The largest absolute Gasteiger partial charge is 0.505 e. The lowest BCUT2D eigenvalue weighted by Gasteiger charge is -2.35. The summed E-state index contributed by atoms with van der Waals surface area (Å²) in [6.45, 7) is 2.25. The Morgan fingerprint density at radius 3 is 2.46 bits per heavy atom. The van der Waals surface area contributed by atoms with Crippen LogP contribution in [-0.2, 0) is 12.0 Å². The maximum absolute atomic E-state index is 13.7. The number of phenols is 1. The van der Waals surface area contributed by atoms with E-state index in [1.165, 1.54) is 4.57 Å². The van der Waals surface area contributed by atoms with Gasteiger partial charge in [0, 0.05) is 23.7 Å². The summed E-state index contributed by atoms with van der Waals surface area (Å²) >= 11 is 0. The lowest BCUT2D eigenvalue weighted by atomic mass is 9.68. The molecule has 39 heavy (non-hydrogen) atoms. The normalized spacial score (nSPS) is 18.3. The molecule has 0 bridgehead atoms. The summed E-state index contributed by atoms with van der Waals surface area (Å²) in [7, 11) is 3.84. The number of nitrogens with zero attached hydrogens (tertiary/aromatic N) is 7. The molecule has 5 rings (SSSR count). The second kappa shape index (κ2) is 11.3. The van der Waals surface area contributed by atoms with E-state index >= 15 is 0 Å². The first-order valence-corrected chi connectivity index (χ1v) is 13.9. The molecule has 0 unspecified atom stereocenters. The fraction of sp³-hybridized carbons (Fsp3) is 0.571. The molecular formula is C28H38N8O3. The minimum Gasteiger partial charge on any atom is -0.505 e. The molecule has 2 aliphatic rings. The Morgan fingerprint density at radius 1 is 1.08 bits per heavy atom. The molecule has 1 aromatic carbocycles. The number of tetrazole rings is 1. The van der Waals surface area contributed by atoms with E-state index in [0.29, 0.717) is 29.1 Å². The molecular weight excluding hydrogens is 496 g/mol. The predicted octanol–water partition coefficient (Wildman–Crippen LogP) is 5.31. The molecule has 0 amide bonds. The van der Waals surface area contributed by atoms with Crippen LogP contribution in [0.3, 0.4) is 0 Å². The van der Waals surface area contributed by atoms with Gasteiger partial charge in [-0.1, -0.05) is 55.9 Å². The van der Waals surface area contributed by atoms with E-state index in [2.05, 4.69) is 30.9 Å². The lowest BCUT2D eigenvalue weighted by molar-refractivity contribution is 0.294. The minimum absolute atomic E-state index is 0.00509. The third kappa shape index (κ3) is 5.07. The summed E-state index contributed by atoms with van der Waals surface area (Å²) in [5.41, 5.74) is 1.48. The number of rotatable bonds is 7. The Labute approximate surface area is 228 Å². The van der Waals surface area contributed by atoms with Crippen LogP contribution in [0.2, 0.25) is 0 Å². The standard InChI is InChI=1S/C28H38N8O3/c1-18-20(17-35(2)3)25(38)36(19-11-6-4-7-12-19)26(39)23(18)30-29-22-14-10-13-21(24(22)37)28(15-8-5-9-16-28)27-31-33-34-32-27/h10,13-14,19,37-38H,4-9,11-12,15-17H2,1-3H3,(H,31,32,33,34). The summed E-state index contributed by atoms with van der Waals surface area (Å²) in [5, 5.41) is 46.4. The number of aromatic nitrogens is 5. The molecule has 2 saturated carbocycles. The highest BCUT2D eigenvalue weighted by atomic mass is 16.3. The SMILES string of the molecule is Cc1c(CN(C)C)c(O)n(C2CCCCC2)c(=O)c1N=Nc1cccc(C2(c3nn[nH]n3)CCCCC2)c1O. The Morgan fingerprint density at radius 2 is 1.79 bits per heavy atom. The highest BCUT2D eigenvalue weighted by molar-refractivity contribution is 5.59. The van der Waals surface area contributed by atoms with Crippen molar-refractivity contribution in [2.75, 3.05) is 14.1 Å². The number of H-pyrrole nitrogens is 1. The van der Waals surface area contributed by atoms with Crippen LogP contribution < -0.4 is 5.56 Å². The topological polar surface area (TPSA) is 145 Å². The number of aromatic amines is 1. The summed E-state index contributed by atoms with van der Waals surface area (Å²) in [6, 6.07) is 5.33. The summed E-state index contributed by atoms with van der Waals surface area (Å²) in [4.78, 5) is 15.7. The highest BCUT2D eigenvalue weighted by Crippen LogP contribution is 2.48. The van der Waals surface area contributed by atoms with Crippen molar-refractivity contribution in [2.24, 2.45) is 10.2 Å². The monoisotopic (exact) mass is 534 g/mol. The fourth-order valence-corrected chi connectivity index (χ4v) is 6.36. The molecule has 3 aromatic rings. The molecule has 11 heteroatoms. The van der Waals surface area contributed by atoms with E-state index in [9.17, 15) is 15.0 Å². The van der Waals surface area contributed by atoms with Crippen LogP contribution >= 0.6 is 0 Å². The Balaban J connectivity index is 1.59. The molecule has 0 saturated heterocycles. The van der Waals surface area contributed by atoms with Crippen molar-refractivity contribution in [1.82, 2.24) is 30.1 Å². The average molecular weight is 535 g/mol. The van der Waals surface area contributed by atoms with E-state index in [-0.39, 0.29) is 34.6 Å². The second-order valence-electron chi connectivity index (χ2n) is 11.2. The number of aromatic hydroxyl groups is 2. The van der Waals surface area contributed by atoms with Gasteiger partial charge in [-0.25, -0.2) is 0 Å². The molecule has 2 heterocycles. The van der Waals surface area contributed by atoms with Gasteiger partial charge in [0.1, 0.15) is 11.4 Å². The van der Waals surface area contributed by atoms with Crippen molar-refractivity contribution in [3.05, 3.63) is 51.1 Å². The molecule has 2 fully saturated rings. The van der Waals surface area contributed by atoms with Crippen LogP contribution in [-0.4, -0.2) is 54.4 Å². The molecule has 11 nitrogen and oxygen atoms in total. The van der Waals surface area contributed by atoms with E-state index in [1.54, 1.807) is 13.0 Å². The fourth-order valence-electron chi connectivity index (χ4n) is 6.36. The maximum Gasteiger partial charge on any atom is 0.281 e. The molecule has 0 atom stereocenters. The molecule has 208 valence electrons. The second-order valence-corrected chi connectivity index (χ2v) is 11.2. The van der Waals surface area contributed by atoms with Crippen molar-refractivity contribution < 1.29 is 10.2 Å². The summed E-state index contributed by atoms with van der Waals surface area (Å²) < 4.78 is 1.52. The number of pyridine rings is 1. The third-order valence-corrected chi connectivity index (χ3v) is 8.41. The first-order valence-electron chi connectivity index (χ1n) is 13.9. The van der Waals surface area contributed by atoms with Crippen molar-refractivity contribution in [3.8, 4) is 11.6 Å². The van der Waals surface area contributed by atoms with Gasteiger partial charge in [0.05, 0.1) is 5.41 Å². The number of phenolic OH excluding ortho intramolecular Hbond substituents is 1. The van der Waals surface area contributed by atoms with Gasteiger partial charge in [-0.2, -0.15) is 5.21 Å². The maximum atomic E-state index is 13.7. The van der Waals surface area contributed by atoms with Crippen molar-refractivity contribution >= 4 is 11.4 Å². The van der Waals surface area contributed by atoms with Gasteiger partial charge in [0.15, 0.2) is 17.4 Å². The Bertz CT molecular complexity index is 1380. The van der Waals surface area contributed by atoms with Gasteiger partial charge < -0.3 is 15.1 Å². The number of nitrogens with one attached hydrogen (secondary N) is 1. The van der Waals surface area contributed by atoms with Gasteiger partial charge in [-0.15, -0.1) is 20.4 Å². The van der Waals surface area contributed by atoms with Crippen molar-refractivity contribution in [3.63, 3.8) is 0 Å². The zero-order valence-corrected chi connectivity index (χ0v) is 23.0. The van der Waals surface area contributed by atoms with E-state index in [1.807, 2.05) is 31.1 Å². The van der Waals surface area contributed by atoms with Crippen LogP contribution in [0.4, 0.5) is 11.4 Å². The number of hydrogen-bond donors (Lipinski definition) is 3. The quantitative estimate of drug-likeness (QED) is 0.348. The molecule has 2 aromatic heterocycles. The highest BCUT2D eigenvalue weighted by Gasteiger charge is 2.42. The minimum atomic E-state index is -0.568. The van der Waals surface area contributed by atoms with Gasteiger partial charge >= 0.3 is 0 Å². The van der Waals surface area contributed by atoms with Gasteiger partial charge in [-0.05, 0) is 58.3 Å². The van der Waals surface area contributed by atoms with Gasteiger partial charge in [0.2, 0.25) is 0 Å². The smallest absolute Gasteiger partial charge is 0.281 e. The van der Waals surface area contributed by atoms with Crippen LogP contribution in [0, 0.1) is 6.92 Å². The Kier molecular flexibility index (Phi) is 7.79. The molecule has 0 spiro atoms. The first-order chi connectivity index (χ1) is 18.8. The van der Waals surface area contributed by atoms with Gasteiger partial charge in [-0.3, -0.25) is 9.36 Å². The number of para-hydroxylation sites is 1. The third-order valence-electron chi connectivity index (χ3n) is 8.41. The van der Waals surface area contributed by atoms with Crippen LogP contribution in [0.5, 0.6) is 11.6 Å². The van der Waals surface area contributed by atoms with E-state index in [0.717, 1.165) is 64.2 Å². The van der Waals surface area contributed by atoms with Gasteiger partial charge in [0.25, 0.3) is 5.56 Å². The average Bonchev–Trinajstić information content (AvgIpc) is 3.49. The number of benzene rings is 1. The van der Waals surface area contributed by atoms with Crippen LogP contribution in [0.25, 0.3) is 0 Å². The predicted molar refractivity (Wildman–Crippen MR) is 147 cm³/mol. The first kappa shape index (κ1) is 27.0. The zero-order valence-electron chi connectivity index (χ0n) is 23.0. The Hall–Kier alpha value is -3.60. The number of hydrogen-bond acceptors (Lipinski definition) is 9. The molecule has 2 aliphatic carbocycles. The number of azo groups is 1. The van der Waals surface area contributed by atoms with E-state index < -0.39 is 5.41 Å². The summed E-state index contributed by atoms with van der Waals surface area (Å²) in [5.74, 6) is 0.580. The van der Waals surface area contributed by atoms with Crippen LogP contribution in [0.1, 0.15) is 92.8 Å². The molecule has 0 aliphatic heterocycles. The molecule has 3 N–H and O–H groups in total. The van der Waals surface area contributed by atoms with Crippen molar-refractivity contribution in [1.29, 1.82) is 0 Å². The van der Waals surface area contributed by atoms with E-state index in [4.69, 9.17) is 0 Å². The zero-order chi connectivity index (χ0) is 27.6. The van der Waals surface area contributed by atoms with Crippen LogP contribution in [0.15, 0.2) is 33.2 Å². The van der Waals surface area contributed by atoms with Crippen molar-refractivity contribution in [2.45, 2.75) is 89.1 Å².